The number of carbonyl (C=O) groups is 2. The maximum atomic E-state index is 14.1. The number of hydrogen-bond acceptors (Lipinski definition) is 3. The maximum absolute atomic E-state index is 14.1. The van der Waals surface area contributed by atoms with E-state index in [1.165, 1.54) is 19.1 Å². The molecule has 1 aliphatic carbocycles. The van der Waals surface area contributed by atoms with Gasteiger partial charge in [0.05, 0.1) is 4.48 Å². The van der Waals surface area contributed by atoms with Crippen LogP contribution in [0.25, 0.3) is 5.57 Å². The first kappa shape index (κ1) is 14.7. The van der Waals surface area contributed by atoms with E-state index in [9.17, 15) is 14.0 Å². The number of fused-ring (bicyclic) bond motifs is 1. The van der Waals surface area contributed by atoms with Crippen molar-refractivity contribution in [3.8, 4) is 5.75 Å². The molecule has 0 radical (unpaired) electrons. The van der Waals surface area contributed by atoms with Crippen LogP contribution in [0.15, 0.2) is 46.9 Å². The predicted octanol–water partition coefficient (Wildman–Crippen LogP) is 4.10. The molecule has 2 aromatic carbocycles. The van der Waals surface area contributed by atoms with E-state index in [0.717, 1.165) is 0 Å². The number of esters is 1. The van der Waals surface area contributed by atoms with Crippen molar-refractivity contribution in [3.63, 3.8) is 0 Å². The van der Waals surface area contributed by atoms with Gasteiger partial charge in [-0.1, -0.05) is 18.2 Å². The number of benzene rings is 2. The van der Waals surface area contributed by atoms with Crippen LogP contribution in [0.4, 0.5) is 4.39 Å². The summed E-state index contributed by atoms with van der Waals surface area (Å²) in [6, 6.07) is 11.0. The highest BCUT2D eigenvalue weighted by Gasteiger charge is 2.30. The zero-order valence-electron chi connectivity index (χ0n) is 11.5. The number of ketones is 1. The summed E-state index contributed by atoms with van der Waals surface area (Å²) in [4.78, 5) is 23.4. The van der Waals surface area contributed by atoms with Crippen LogP contribution in [0.1, 0.15) is 28.4 Å². The Hall–Kier alpha value is -2.27. The minimum atomic E-state index is -0.466. The largest absolute Gasteiger partial charge is 0.427 e. The van der Waals surface area contributed by atoms with Crippen LogP contribution in [0, 0.1) is 5.82 Å². The van der Waals surface area contributed by atoms with E-state index < -0.39 is 11.8 Å². The van der Waals surface area contributed by atoms with Gasteiger partial charge in [-0.25, -0.2) is 4.39 Å². The minimum absolute atomic E-state index is 0.262. The number of hydrogen-bond donors (Lipinski definition) is 0. The van der Waals surface area contributed by atoms with Crippen LogP contribution in [0.3, 0.4) is 0 Å². The summed E-state index contributed by atoms with van der Waals surface area (Å²) in [5.74, 6) is -0.845. The average Bonchev–Trinajstić information content (AvgIpc) is 2.71. The Balaban J connectivity index is 2.15. The van der Waals surface area contributed by atoms with E-state index in [2.05, 4.69) is 15.9 Å². The summed E-state index contributed by atoms with van der Waals surface area (Å²) in [7, 11) is 0. The molecule has 0 amide bonds. The first-order chi connectivity index (χ1) is 10.5. The third-order valence-corrected chi connectivity index (χ3v) is 4.09. The van der Waals surface area contributed by atoms with Crippen molar-refractivity contribution >= 4 is 33.3 Å². The van der Waals surface area contributed by atoms with Gasteiger partial charge in [-0.3, -0.25) is 9.59 Å². The first-order valence-electron chi connectivity index (χ1n) is 6.51. The lowest BCUT2D eigenvalue weighted by molar-refractivity contribution is -0.131. The molecule has 0 aliphatic heterocycles. The highest BCUT2D eigenvalue weighted by molar-refractivity contribution is 9.12. The number of Topliss-reactive ketones (excluding diaryl/α,β-unsaturated/α-hetero) is 1. The molecule has 0 bridgehead atoms. The fraction of sp³-hybridized carbons (Fsp3) is 0.0588. The molecule has 5 heteroatoms. The van der Waals surface area contributed by atoms with Crippen molar-refractivity contribution < 1.29 is 18.7 Å². The number of rotatable bonds is 2. The molecular formula is C17H10BrFO3. The van der Waals surface area contributed by atoms with Gasteiger partial charge >= 0.3 is 5.97 Å². The van der Waals surface area contributed by atoms with Crippen LogP contribution < -0.4 is 4.74 Å². The molecule has 0 N–H and O–H groups in total. The van der Waals surface area contributed by atoms with Gasteiger partial charge in [-0.2, -0.15) is 0 Å². The Morgan fingerprint density at radius 3 is 2.50 bits per heavy atom. The third-order valence-electron chi connectivity index (χ3n) is 3.33. The van der Waals surface area contributed by atoms with Crippen molar-refractivity contribution in [1.29, 1.82) is 0 Å². The molecule has 3 nitrogen and oxygen atoms in total. The summed E-state index contributed by atoms with van der Waals surface area (Å²) in [6.45, 7) is 1.29. The van der Waals surface area contributed by atoms with Gasteiger partial charge in [0.2, 0.25) is 5.78 Å². The van der Waals surface area contributed by atoms with E-state index in [1.54, 1.807) is 30.3 Å². The molecule has 0 atom stereocenters. The molecule has 0 unspecified atom stereocenters. The van der Waals surface area contributed by atoms with E-state index in [0.29, 0.717) is 26.7 Å². The minimum Gasteiger partial charge on any atom is -0.427 e. The van der Waals surface area contributed by atoms with Gasteiger partial charge in [0.1, 0.15) is 11.6 Å². The lowest BCUT2D eigenvalue weighted by atomic mass is 9.98. The van der Waals surface area contributed by atoms with E-state index in [-0.39, 0.29) is 11.5 Å². The summed E-state index contributed by atoms with van der Waals surface area (Å²) < 4.78 is 19.3. The molecule has 3 rings (SSSR count). The molecule has 0 spiro atoms. The van der Waals surface area contributed by atoms with E-state index >= 15 is 0 Å². The van der Waals surface area contributed by atoms with Gasteiger partial charge in [0.15, 0.2) is 0 Å². The topological polar surface area (TPSA) is 43.4 Å². The Labute approximate surface area is 134 Å². The van der Waals surface area contributed by atoms with Gasteiger partial charge in [-0.05, 0) is 45.8 Å². The van der Waals surface area contributed by atoms with Gasteiger partial charge < -0.3 is 4.74 Å². The molecule has 22 heavy (non-hydrogen) atoms. The third kappa shape index (κ3) is 2.37. The van der Waals surface area contributed by atoms with Gasteiger partial charge in [0.25, 0.3) is 0 Å². The lowest BCUT2D eigenvalue weighted by Gasteiger charge is -2.08. The molecule has 110 valence electrons. The van der Waals surface area contributed by atoms with Crippen molar-refractivity contribution in [2.24, 2.45) is 0 Å². The van der Waals surface area contributed by atoms with Crippen molar-refractivity contribution in [2.75, 3.05) is 0 Å². The summed E-state index contributed by atoms with van der Waals surface area (Å²) >= 11 is 3.25. The van der Waals surface area contributed by atoms with Crippen LogP contribution >= 0.6 is 15.9 Å². The Morgan fingerprint density at radius 1 is 1.09 bits per heavy atom. The van der Waals surface area contributed by atoms with Crippen molar-refractivity contribution in [2.45, 2.75) is 6.92 Å². The van der Waals surface area contributed by atoms with E-state index in [4.69, 9.17) is 4.74 Å². The molecule has 0 aromatic heterocycles. The highest BCUT2D eigenvalue weighted by Crippen LogP contribution is 2.42. The van der Waals surface area contributed by atoms with Crippen LogP contribution in [-0.4, -0.2) is 11.8 Å². The fourth-order valence-electron chi connectivity index (χ4n) is 2.44. The Morgan fingerprint density at radius 2 is 1.82 bits per heavy atom. The molecule has 0 fully saturated rings. The zero-order valence-corrected chi connectivity index (χ0v) is 13.1. The molecule has 0 heterocycles. The second-order valence-corrected chi connectivity index (χ2v) is 5.59. The SMILES string of the molecule is CC(=O)Oc1ccc2c(c1)C(=O)C(Br)=C2c1ccccc1F. The maximum Gasteiger partial charge on any atom is 0.308 e. The number of halogens is 2. The monoisotopic (exact) mass is 360 g/mol. The van der Waals surface area contributed by atoms with Crippen molar-refractivity contribution in [3.05, 3.63) is 69.5 Å². The Kier molecular flexibility index (Phi) is 3.66. The molecule has 2 aromatic rings. The summed E-state index contributed by atoms with van der Waals surface area (Å²) in [6.07, 6.45) is 0. The predicted molar refractivity (Wildman–Crippen MR) is 83.4 cm³/mol. The smallest absolute Gasteiger partial charge is 0.308 e. The normalized spacial score (nSPS) is 13.3. The second-order valence-electron chi connectivity index (χ2n) is 4.80. The lowest BCUT2D eigenvalue weighted by Crippen LogP contribution is -2.03. The number of allylic oxidation sites excluding steroid dienone is 1. The zero-order chi connectivity index (χ0) is 15.9. The van der Waals surface area contributed by atoms with Crippen LogP contribution in [0.2, 0.25) is 0 Å². The molecule has 0 saturated heterocycles. The van der Waals surface area contributed by atoms with Crippen molar-refractivity contribution in [1.82, 2.24) is 0 Å². The molecule has 1 aliphatic rings. The standard InChI is InChI=1S/C17H10BrFO3/c1-9(20)22-10-6-7-11-13(8-10)17(21)16(18)15(11)12-4-2-3-5-14(12)19/h2-8H,1H3. The first-order valence-corrected chi connectivity index (χ1v) is 7.30. The van der Waals surface area contributed by atoms with Gasteiger partial charge in [0, 0.05) is 23.6 Å². The highest BCUT2D eigenvalue weighted by atomic mass is 79.9. The van der Waals surface area contributed by atoms with E-state index in [1.807, 2.05) is 0 Å². The second kappa shape index (κ2) is 5.50. The van der Waals surface area contributed by atoms with Crippen LogP contribution in [-0.2, 0) is 4.79 Å². The Bertz CT molecular complexity index is 840. The summed E-state index contributed by atoms with van der Waals surface area (Å²) in [5, 5.41) is 0. The quantitative estimate of drug-likeness (QED) is 0.598. The number of ether oxygens (including phenoxy) is 1. The fourth-order valence-corrected chi connectivity index (χ4v) is 3.08. The van der Waals surface area contributed by atoms with Gasteiger partial charge in [-0.15, -0.1) is 0 Å². The average molecular weight is 361 g/mol. The molecule has 0 saturated carbocycles. The summed E-state index contributed by atoms with van der Waals surface area (Å²) in [5.41, 5.74) is 1.84. The van der Waals surface area contributed by atoms with Crippen LogP contribution in [0.5, 0.6) is 5.75 Å². The number of carbonyl (C=O) groups excluding carboxylic acids is 2. The molecular weight excluding hydrogens is 351 g/mol.